The topological polar surface area (TPSA) is 58.4 Å². The van der Waals surface area contributed by atoms with Gasteiger partial charge in [0.2, 0.25) is 0 Å². The second-order valence-corrected chi connectivity index (χ2v) is 5.82. The van der Waals surface area contributed by atoms with Crippen molar-refractivity contribution in [3.63, 3.8) is 0 Å². The molecular weight excluding hydrogens is 230 g/mol. The maximum absolute atomic E-state index is 12.4. The highest BCUT2D eigenvalue weighted by atomic mass is 16.3. The summed E-state index contributed by atoms with van der Waals surface area (Å²) in [6, 6.07) is 0. The van der Waals surface area contributed by atoms with E-state index < -0.39 is 0 Å². The fourth-order valence-electron chi connectivity index (χ4n) is 2.50. The van der Waals surface area contributed by atoms with Crippen molar-refractivity contribution >= 4 is 5.91 Å². The molecule has 0 aliphatic carbocycles. The Morgan fingerprint density at radius 1 is 1.56 bits per heavy atom. The van der Waals surface area contributed by atoms with Crippen molar-refractivity contribution in [3.05, 3.63) is 17.5 Å². The number of carbonyl (C=O) groups is 1. The van der Waals surface area contributed by atoms with Gasteiger partial charge in [0.15, 0.2) is 0 Å². The van der Waals surface area contributed by atoms with Crippen LogP contribution in [0.25, 0.3) is 0 Å². The van der Waals surface area contributed by atoms with Crippen LogP contribution in [0.4, 0.5) is 0 Å². The molecule has 1 atom stereocenters. The van der Waals surface area contributed by atoms with Crippen LogP contribution in [-0.4, -0.2) is 44.9 Å². The summed E-state index contributed by atoms with van der Waals surface area (Å²) in [6.07, 6.45) is 2.06. The van der Waals surface area contributed by atoms with Crippen molar-refractivity contribution < 1.29 is 9.90 Å². The van der Waals surface area contributed by atoms with Crippen LogP contribution in [0.1, 0.15) is 36.3 Å². The molecule has 1 N–H and O–H groups in total. The molecule has 0 aromatic carbocycles. The molecule has 1 aliphatic rings. The third-order valence-corrected chi connectivity index (χ3v) is 3.70. The van der Waals surface area contributed by atoms with Crippen molar-refractivity contribution in [1.29, 1.82) is 0 Å². The summed E-state index contributed by atoms with van der Waals surface area (Å²) >= 11 is 0. The van der Waals surface area contributed by atoms with E-state index in [1.165, 1.54) is 0 Å². The summed E-state index contributed by atoms with van der Waals surface area (Å²) in [4.78, 5) is 14.2. The highest BCUT2D eigenvalue weighted by Gasteiger charge is 2.37. The lowest BCUT2D eigenvalue weighted by molar-refractivity contribution is -0.0182. The number of carbonyl (C=O) groups excluding carboxylic acids is 1. The molecule has 5 heteroatoms. The van der Waals surface area contributed by atoms with Gasteiger partial charge in [-0.3, -0.25) is 9.48 Å². The number of likely N-dealkylation sites (tertiary alicyclic amines) is 1. The zero-order valence-corrected chi connectivity index (χ0v) is 11.5. The van der Waals surface area contributed by atoms with Gasteiger partial charge in [-0.15, -0.1) is 0 Å². The molecule has 2 heterocycles. The van der Waals surface area contributed by atoms with Crippen LogP contribution in [-0.2, 0) is 7.05 Å². The molecule has 1 aromatic rings. The minimum atomic E-state index is -0.337. The lowest BCUT2D eigenvalue weighted by atomic mass is 9.81. The molecule has 100 valence electrons. The summed E-state index contributed by atoms with van der Waals surface area (Å²) in [5.41, 5.74) is 1.17. The zero-order chi connectivity index (χ0) is 13.5. The molecule has 1 saturated heterocycles. The fourth-order valence-corrected chi connectivity index (χ4v) is 2.50. The molecule has 1 aromatic heterocycles. The van der Waals surface area contributed by atoms with Crippen LogP contribution in [0.2, 0.25) is 0 Å². The number of aliphatic hydroxyl groups excluding tert-OH is 1. The molecule has 0 saturated carbocycles. The summed E-state index contributed by atoms with van der Waals surface area (Å²) in [5, 5.41) is 14.1. The van der Waals surface area contributed by atoms with Gasteiger partial charge in [0.05, 0.1) is 17.4 Å². The van der Waals surface area contributed by atoms with Crippen LogP contribution < -0.4 is 0 Å². The van der Waals surface area contributed by atoms with Crippen molar-refractivity contribution in [2.24, 2.45) is 12.5 Å². The Balaban J connectivity index is 2.18. The Labute approximate surface area is 107 Å². The van der Waals surface area contributed by atoms with E-state index in [9.17, 15) is 9.90 Å². The molecule has 1 aliphatic heterocycles. The molecule has 18 heavy (non-hydrogen) atoms. The largest absolute Gasteiger partial charge is 0.392 e. The van der Waals surface area contributed by atoms with Crippen LogP contribution in [0.3, 0.4) is 0 Å². The van der Waals surface area contributed by atoms with Crippen LogP contribution in [0.15, 0.2) is 6.20 Å². The predicted octanol–water partition coefficient (Wildman–Crippen LogP) is 0.962. The Bertz CT molecular complexity index is 465. The quantitative estimate of drug-likeness (QED) is 0.809. The third-order valence-electron chi connectivity index (χ3n) is 3.70. The van der Waals surface area contributed by atoms with E-state index in [-0.39, 0.29) is 17.4 Å². The van der Waals surface area contributed by atoms with E-state index in [0.29, 0.717) is 25.1 Å². The van der Waals surface area contributed by atoms with Gasteiger partial charge in [-0.2, -0.15) is 5.10 Å². The first-order valence-corrected chi connectivity index (χ1v) is 6.29. The number of aromatic nitrogens is 2. The average molecular weight is 251 g/mol. The fraction of sp³-hybridized carbons (Fsp3) is 0.692. The van der Waals surface area contributed by atoms with E-state index in [4.69, 9.17) is 0 Å². The van der Waals surface area contributed by atoms with E-state index >= 15 is 0 Å². The normalized spacial score (nSPS) is 23.2. The summed E-state index contributed by atoms with van der Waals surface area (Å²) < 4.78 is 1.66. The molecule has 2 rings (SSSR count). The molecule has 1 amide bonds. The van der Waals surface area contributed by atoms with Gasteiger partial charge in [-0.05, 0) is 13.3 Å². The van der Waals surface area contributed by atoms with Gasteiger partial charge in [-0.25, -0.2) is 0 Å². The lowest BCUT2D eigenvalue weighted by Crippen LogP contribution is -2.50. The monoisotopic (exact) mass is 251 g/mol. The minimum absolute atomic E-state index is 0.0144. The highest BCUT2D eigenvalue weighted by Crippen LogP contribution is 2.30. The van der Waals surface area contributed by atoms with E-state index in [2.05, 4.69) is 5.10 Å². The molecule has 1 fully saturated rings. The number of aryl methyl sites for hydroxylation is 2. The van der Waals surface area contributed by atoms with Crippen LogP contribution in [0, 0.1) is 12.3 Å². The van der Waals surface area contributed by atoms with Crippen molar-refractivity contribution in [3.8, 4) is 0 Å². The average Bonchev–Trinajstić information content (AvgIpc) is 2.60. The minimum Gasteiger partial charge on any atom is -0.392 e. The van der Waals surface area contributed by atoms with Crippen LogP contribution in [0.5, 0.6) is 0 Å². The van der Waals surface area contributed by atoms with Crippen molar-refractivity contribution in [2.45, 2.75) is 33.3 Å². The zero-order valence-electron chi connectivity index (χ0n) is 11.5. The summed E-state index contributed by atoms with van der Waals surface area (Å²) in [7, 11) is 1.81. The molecular formula is C13H21N3O2. The van der Waals surface area contributed by atoms with E-state index in [1.54, 1.807) is 10.9 Å². The molecule has 1 unspecified atom stereocenters. The van der Waals surface area contributed by atoms with Gasteiger partial charge in [0, 0.05) is 31.7 Å². The van der Waals surface area contributed by atoms with E-state index in [1.807, 2.05) is 32.7 Å². The maximum Gasteiger partial charge on any atom is 0.257 e. The number of nitrogens with zero attached hydrogens (tertiary/aromatic N) is 3. The Kier molecular flexibility index (Phi) is 3.19. The third kappa shape index (κ3) is 2.27. The van der Waals surface area contributed by atoms with Gasteiger partial charge in [0.1, 0.15) is 0 Å². The second-order valence-electron chi connectivity index (χ2n) is 5.82. The standard InChI is InChI=1S/C13H21N3O2/c1-9-10(7-15(4)14-9)12(18)16-6-5-11(17)13(2,3)8-16/h7,11,17H,5-6,8H2,1-4H3. The first-order chi connectivity index (χ1) is 8.31. The van der Waals surface area contributed by atoms with Gasteiger partial charge in [-0.1, -0.05) is 13.8 Å². The molecule has 0 bridgehead atoms. The van der Waals surface area contributed by atoms with Gasteiger partial charge < -0.3 is 10.0 Å². The lowest BCUT2D eigenvalue weighted by Gasteiger charge is -2.41. The SMILES string of the molecule is Cc1nn(C)cc1C(=O)N1CCC(O)C(C)(C)C1. The number of piperidine rings is 1. The molecule has 0 radical (unpaired) electrons. The maximum atomic E-state index is 12.4. The van der Waals surface area contributed by atoms with Gasteiger partial charge in [0.25, 0.3) is 5.91 Å². The van der Waals surface area contributed by atoms with Gasteiger partial charge >= 0.3 is 0 Å². The number of hydrogen-bond acceptors (Lipinski definition) is 3. The molecule has 5 nitrogen and oxygen atoms in total. The van der Waals surface area contributed by atoms with Crippen molar-refractivity contribution in [2.75, 3.05) is 13.1 Å². The summed E-state index contributed by atoms with van der Waals surface area (Å²) in [6.45, 7) is 7.02. The Morgan fingerprint density at radius 3 is 2.72 bits per heavy atom. The first kappa shape index (κ1) is 13.1. The number of hydrogen-bond donors (Lipinski definition) is 1. The molecule has 0 spiro atoms. The summed E-state index contributed by atoms with van der Waals surface area (Å²) in [5.74, 6) is 0.0144. The predicted molar refractivity (Wildman–Crippen MR) is 68.3 cm³/mol. The Hall–Kier alpha value is -1.36. The highest BCUT2D eigenvalue weighted by molar-refractivity contribution is 5.95. The van der Waals surface area contributed by atoms with Crippen LogP contribution >= 0.6 is 0 Å². The smallest absolute Gasteiger partial charge is 0.257 e. The number of aliphatic hydroxyl groups is 1. The Morgan fingerprint density at radius 2 is 2.22 bits per heavy atom. The van der Waals surface area contributed by atoms with E-state index in [0.717, 1.165) is 5.69 Å². The number of rotatable bonds is 1. The second kappa shape index (κ2) is 4.39. The first-order valence-electron chi connectivity index (χ1n) is 6.29. The van der Waals surface area contributed by atoms with Crippen molar-refractivity contribution in [1.82, 2.24) is 14.7 Å². The number of amides is 1.